The summed E-state index contributed by atoms with van der Waals surface area (Å²) in [6.07, 6.45) is 3.15. The van der Waals surface area contributed by atoms with Gasteiger partial charge in [0.2, 0.25) is 0 Å². The standard InChI is InChI=1S/C12H21BrN4O/c1-8-12(13)11(17(2)16-8)6-10(15-14)9-4-3-5-18-7-9/h9-10,15H,3-7,14H2,1-2H3. The predicted molar refractivity (Wildman–Crippen MR) is 74.0 cm³/mol. The smallest absolute Gasteiger partial charge is 0.0738 e. The molecule has 0 aromatic carbocycles. The second-order valence-electron chi connectivity index (χ2n) is 4.92. The van der Waals surface area contributed by atoms with Gasteiger partial charge in [-0.25, -0.2) is 0 Å². The quantitative estimate of drug-likeness (QED) is 0.649. The molecule has 2 unspecified atom stereocenters. The van der Waals surface area contributed by atoms with E-state index in [0.717, 1.165) is 36.2 Å². The summed E-state index contributed by atoms with van der Waals surface area (Å²) in [5, 5.41) is 4.41. The molecule has 0 radical (unpaired) electrons. The molecule has 2 atom stereocenters. The zero-order valence-corrected chi connectivity index (χ0v) is 12.5. The molecule has 2 rings (SSSR count). The molecular weight excluding hydrogens is 296 g/mol. The fourth-order valence-electron chi connectivity index (χ4n) is 2.55. The first-order valence-electron chi connectivity index (χ1n) is 6.35. The van der Waals surface area contributed by atoms with E-state index in [9.17, 15) is 0 Å². The van der Waals surface area contributed by atoms with E-state index in [1.54, 1.807) is 0 Å². The molecule has 1 aromatic heterocycles. The Bertz CT molecular complexity index is 401. The molecule has 1 saturated heterocycles. The maximum absolute atomic E-state index is 5.71. The van der Waals surface area contributed by atoms with Gasteiger partial charge >= 0.3 is 0 Å². The van der Waals surface area contributed by atoms with Crippen LogP contribution < -0.4 is 11.3 Å². The minimum atomic E-state index is 0.233. The Morgan fingerprint density at radius 1 is 1.67 bits per heavy atom. The fraction of sp³-hybridized carbons (Fsp3) is 0.750. The average molecular weight is 317 g/mol. The molecule has 0 aliphatic carbocycles. The number of nitrogens with zero attached hydrogens (tertiary/aromatic N) is 2. The summed E-state index contributed by atoms with van der Waals surface area (Å²) >= 11 is 3.60. The number of nitrogens with two attached hydrogens (primary N) is 1. The molecule has 1 aliphatic rings. The number of hydrazine groups is 1. The third-order valence-electron chi connectivity index (χ3n) is 3.65. The number of halogens is 1. The summed E-state index contributed by atoms with van der Waals surface area (Å²) in [5.74, 6) is 6.19. The van der Waals surface area contributed by atoms with Crippen LogP contribution in [0.4, 0.5) is 0 Å². The van der Waals surface area contributed by atoms with Gasteiger partial charge in [0.05, 0.1) is 22.5 Å². The third kappa shape index (κ3) is 2.93. The Balaban J connectivity index is 2.09. The van der Waals surface area contributed by atoms with Crippen molar-refractivity contribution in [2.75, 3.05) is 13.2 Å². The molecule has 0 amide bonds. The molecule has 18 heavy (non-hydrogen) atoms. The van der Waals surface area contributed by atoms with Crippen molar-refractivity contribution in [3.05, 3.63) is 15.9 Å². The molecule has 0 saturated carbocycles. The van der Waals surface area contributed by atoms with Crippen molar-refractivity contribution in [3.63, 3.8) is 0 Å². The van der Waals surface area contributed by atoms with Gasteiger partial charge < -0.3 is 4.74 Å². The first-order chi connectivity index (χ1) is 8.63. The molecule has 5 nitrogen and oxygen atoms in total. The van der Waals surface area contributed by atoms with Crippen LogP contribution in [0.5, 0.6) is 0 Å². The van der Waals surface area contributed by atoms with E-state index in [-0.39, 0.29) is 6.04 Å². The summed E-state index contributed by atoms with van der Waals surface area (Å²) in [6, 6.07) is 0.233. The molecule has 1 fully saturated rings. The van der Waals surface area contributed by atoms with Crippen molar-refractivity contribution >= 4 is 15.9 Å². The molecule has 6 heteroatoms. The number of ether oxygens (including phenoxy) is 1. The zero-order valence-electron chi connectivity index (χ0n) is 10.9. The highest BCUT2D eigenvalue weighted by molar-refractivity contribution is 9.10. The molecule has 1 aromatic rings. The lowest BCUT2D eigenvalue weighted by Gasteiger charge is -2.29. The number of rotatable bonds is 4. The number of aromatic nitrogens is 2. The molecule has 102 valence electrons. The lowest BCUT2D eigenvalue weighted by atomic mass is 9.91. The summed E-state index contributed by atoms with van der Waals surface area (Å²) in [7, 11) is 1.97. The van der Waals surface area contributed by atoms with Gasteiger partial charge in [0, 0.05) is 26.1 Å². The maximum Gasteiger partial charge on any atom is 0.0738 e. The highest BCUT2D eigenvalue weighted by Gasteiger charge is 2.25. The Hall–Kier alpha value is -0.430. The second kappa shape index (κ2) is 6.14. The van der Waals surface area contributed by atoms with Crippen LogP contribution in [0.3, 0.4) is 0 Å². The van der Waals surface area contributed by atoms with E-state index in [1.807, 2.05) is 18.7 Å². The molecule has 3 N–H and O–H groups in total. The first kappa shape index (κ1) is 14.0. The van der Waals surface area contributed by atoms with Crippen LogP contribution >= 0.6 is 15.9 Å². The Labute approximate surface area is 116 Å². The van der Waals surface area contributed by atoms with Gasteiger partial charge in [-0.15, -0.1) is 0 Å². The van der Waals surface area contributed by atoms with Crippen molar-refractivity contribution in [3.8, 4) is 0 Å². The van der Waals surface area contributed by atoms with Gasteiger partial charge in [0.15, 0.2) is 0 Å². The number of hydrogen-bond donors (Lipinski definition) is 2. The zero-order chi connectivity index (χ0) is 13.1. The van der Waals surface area contributed by atoms with Gasteiger partial charge in [-0.05, 0) is 41.6 Å². The second-order valence-corrected chi connectivity index (χ2v) is 5.72. The molecule has 0 spiro atoms. The van der Waals surface area contributed by atoms with Crippen LogP contribution in [0.2, 0.25) is 0 Å². The van der Waals surface area contributed by atoms with Crippen LogP contribution in [0.25, 0.3) is 0 Å². The molecular formula is C12H21BrN4O. The van der Waals surface area contributed by atoms with E-state index in [0.29, 0.717) is 5.92 Å². The normalized spacial score (nSPS) is 22.1. The van der Waals surface area contributed by atoms with Gasteiger partial charge in [-0.1, -0.05) is 0 Å². The number of hydrogen-bond acceptors (Lipinski definition) is 4. The van der Waals surface area contributed by atoms with E-state index < -0.39 is 0 Å². The summed E-state index contributed by atoms with van der Waals surface area (Å²) in [6.45, 7) is 3.67. The number of nitrogens with one attached hydrogen (secondary N) is 1. The number of aryl methyl sites for hydroxylation is 2. The van der Waals surface area contributed by atoms with Crippen LogP contribution in [0, 0.1) is 12.8 Å². The van der Waals surface area contributed by atoms with Crippen molar-refractivity contribution in [1.29, 1.82) is 0 Å². The van der Waals surface area contributed by atoms with Crippen LogP contribution in [0.15, 0.2) is 4.47 Å². The van der Waals surface area contributed by atoms with Gasteiger partial charge in [-0.2, -0.15) is 5.10 Å². The van der Waals surface area contributed by atoms with Crippen LogP contribution in [-0.2, 0) is 18.2 Å². The lowest BCUT2D eigenvalue weighted by molar-refractivity contribution is 0.0390. The van der Waals surface area contributed by atoms with Gasteiger partial charge in [-0.3, -0.25) is 16.0 Å². The monoisotopic (exact) mass is 316 g/mol. The molecule has 1 aliphatic heterocycles. The predicted octanol–water partition coefficient (Wildman–Crippen LogP) is 1.29. The highest BCUT2D eigenvalue weighted by atomic mass is 79.9. The van der Waals surface area contributed by atoms with E-state index in [1.165, 1.54) is 12.1 Å². The lowest BCUT2D eigenvalue weighted by Crippen LogP contribution is -2.45. The van der Waals surface area contributed by atoms with Crippen molar-refractivity contribution in [2.45, 2.75) is 32.2 Å². The van der Waals surface area contributed by atoms with Crippen molar-refractivity contribution in [2.24, 2.45) is 18.8 Å². The highest BCUT2D eigenvalue weighted by Crippen LogP contribution is 2.25. The minimum absolute atomic E-state index is 0.233. The Morgan fingerprint density at radius 3 is 2.94 bits per heavy atom. The fourth-order valence-corrected chi connectivity index (χ4v) is 3.05. The Morgan fingerprint density at radius 2 is 2.44 bits per heavy atom. The van der Waals surface area contributed by atoms with E-state index in [2.05, 4.69) is 26.5 Å². The average Bonchev–Trinajstić information content (AvgIpc) is 2.62. The maximum atomic E-state index is 5.71. The van der Waals surface area contributed by atoms with Crippen LogP contribution in [0.1, 0.15) is 24.2 Å². The summed E-state index contributed by atoms with van der Waals surface area (Å²) in [5.41, 5.74) is 5.14. The van der Waals surface area contributed by atoms with E-state index in [4.69, 9.17) is 10.6 Å². The molecule has 0 bridgehead atoms. The minimum Gasteiger partial charge on any atom is -0.381 e. The van der Waals surface area contributed by atoms with Gasteiger partial charge in [0.25, 0.3) is 0 Å². The Kier molecular flexibility index (Phi) is 4.77. The van der Waals surface area contributed by atoms with Crippen LogP contribution in [-0.4, -0.2) is 29.0 Å². The first-order valence-corrected chi connectivity index (χ1v) is 7.14. The van der Waals surface area contributed by atoms with Crippen molar-refractivity contribution < 1.29 is 4.74 Å². The van der Waals surface area contributed by atoms with Gasteiger partial charge in [0.1, 0.15) is 0 Å². The SMILES string of the molecule is Cc1nn(C)c(CC(NN)C2CCCOC2)c1Br. The third-order valence-corrected chi connectivity index (χ3v) is 4.69. The van der Waals surface area contributed by atoms with Crippen molar-refractivity contribution in [1.82, 2.24) is 15.2 Å². The largest absolute Gasteiger partial charge is 0.381 e. The molecule has 2 heterocycles. The summed E-state index contributed by atoms with van der Waals surface area (Å²) < 4.78 is 8.55. The topological polar surface area (TPSA) is 65.1 Å². The summed E-state index contributed by atoms with van der Waals surface area (Å²) in [4.78, 5) is 0. The van der Waals surface area contributed by atoms with E-state index >= 15 is 0 Å².